The molecule has 0 fully saturated rings. The number of nitro benzene ring substituents is 1. The number of rotatable bonds is 5. The molecule has 1 heterocycles. The Balaban J connectivity index is 2.01. The highest BCUT2D eigenvalue weighted by molar-refractivity contribution is 9.10. The molecule has 0 aliphatic heterocycles. The first-order valence-corrected chi connectivity index (χ1v) is 9.19. The van der Waals surface area contributed by atoms with Crippen molar-refractivity contribution >= 4 is 45.0 Å². The van der Waals surface area contributed by atoms with E-state index in [9.17, 15) is 20.2 Å². The highest BCUT2D eigenvalue weighted by Gasteiger charge is 2.20. The first kappa shape index (κ1) is 19.5. The second-order valence-corrected chi connectivity index (χ2v) is 7.31. The van der Waals surface area contributed by atoms with Gasteiger partial charge in [0.05, 0.1) is 21.7 Å². The van der Waals surface area contributed by atoms with Gasteiger partial charge in [0.1, 0.15) is 6.07 Å². The van der Waals surface area contributed by atoms with E-state index >= 15 is 0 Å². The molecule has 0 atom stereocenters. The van der Waals surface area contributed by atoms with Crippen LogP contribution in [0.3, 0.4) is 0 Å². The number of nitrogens with one attached hydrogen (secondary N) is 1. The molecule has 28 heavy (non-hydrogen) atoms. The third kappa shape index (κ3) is 4.16. The average molecular weight is 460 g/mol. The van der Waals surface area contributed by atoms with Gasteiger partial charge in [-0.2, -0.15) is 5.26 Å². The molecule has 2 aromatic carbocycles. The fraction of sp³-hybridized carbons (Fsp3) is 0.0625. The molecule has 0 aliphatic carbocycles. The van der Waals surface area contributed by atoms with E-state index in [1.54, 1.807) is 25.2 Å². The molecule has 0 bridgehead atoms. The van der Waals surface area contributed by atoms with Gasteiger partial charge in [0.2, 0.25) is 5.16 Å². The summed E-state index contributed by atoms with van der Waals surface area (Å²) in [4.78, 5) is 23.9. The van der Waals surface area contributed by atoms with Crippen LogP contribution in [0.5, 0.6) is 0 Å². The summed E-state index contributed by atoms with van der Waals surface area (Å²) in [6, 6.07) is 10.7. The predicted molar refractivity (Wildman–Crippen MR) is 103 cm³/mol. The van der Waals surface area contributed by atoms with Gasteiger partial charge in [-0.15, -0.1) is 5.10 Å². The van der Waals surface area contributed by atoms with Crippen molar-refractivity contribution in [3.63, 3.8) is 0 Å². The van der Waals surface area contributed by atoms with Gasteiger partial charge in [-0.05, 0) is 46.5 Å². The summed E-state index contributed by atoms with van der Waals surface area (Å²) in [5.74, 6) is -0.601. The molecule has 0 unspecified atom stereocenters. The number of benzene rings is 2. The lowest BCUT2D eigenvalue weighted by Crippen LogP contribution is -2.14. The fourth-order valence-electron chi connectivity index (χ4n) is 2.21. The first-order chi connectivity index (χ1) is 13.4. The third-order valence-corrected chi connectivity index (χ3v) is 5.15. The molecule has 10 nitrogen and oxygen atoms in total. The van der Waals surface area contributed by atoms with Gasteiger partial charge in [0.15, 0.2) is 0 Å². The number of hydrogen-bond donors (Lipinski definition) is 1. The molecular weight excluding hydrogens is 450 g/mol. The quantitative estimate of drug-likeness (QED) is 0.452. The molecule has 1 aromatic heterocycles. The molecule has 1 amide bonds. The smallest absolute Gasteiger partial charge is 0.270 e. The monoisotopic (exact) mass is 459 g/mol. The highest BCUT2D eigenvalue weighted by Crippen LogP contribution is 2.32. The number of tetrazole rings is 1. The number of halogens is 1. The molecule has 0 saturated carbocycles. The molecule has 0 aliphatic rings. The van der Waals surface area contributed by atoms with E-state index in [0.717, 1.165) is 11.8 Å². The van der Waals surface area contributed by atoms with Crippen LogP contribution in [0.2, 0.25) is 0 Å². The molecule has 140 valence electrons. The summed E-state index contributed by atoms with van der Waals surface area (Å²) < 4.78 is 2.08. The van der Waals surface area contributed by atoms with E-state index in [1.165, 1.54) is 22.9 Å². The maximum absolute atomic E-state index is 12.9. The van der Waals surface area contributed by atoms with Crippen molar-refractivity contribution in [2.24, 2.45) is 7.05 Å². The number of anilines is 1. The lowest BCUT2D eigenvalue weighted by atomic mass is 10.1. The molecule has 3 rings (SSSR count). The van der Waals surface area contributed by atoms with Gasteiger partial charge in [-0.25, -0.2) is 4.68 Å². The minimum atomic E-state index is -0.601. The van der Waals surface area contributed by atoms with Crippen LogP contribution in [0.1, 0.15) is 15.9 Å². The van der Waals surface area contributed by atoms with E-state index in [-0.39, 0.29) is 22.5 Å². The van der Waals surface area contributed by atoms with E-state index in [4.69, 9.17) is 0 Å². The Kier molecular flexibility index (Phi) is 5.67. The Labute approximate surface area is 170 Å². The molecule has 3 aromatic rings. The van der Waals surface area contributed by atoms with Crippen LogP contribution in [0.4, 0.5) is 11.4 Å². The van der Waals surface area contributed by atoms with Gasteiger partial charge >= 0.3 is 0 Å². The second-order valence-electron chi connectivity index (χ2n) is 5.38. The number of aromatic nitrogens is 4. The van der Waals surface area contributed by atoms with Crippen molar-refractivity contribution in [3.8, 4) is 6.07 Å². The summed E-state index contributed by atoms with van der Waals surface area (Å²) >= 11 is 4.37. The van der Waals surface area contributed by atoms with Crippen molar-refractivity contribution in [2.45, 2.75) is 10.1 Å². The van der Waals surface area contributed by atoms with E-state index in [2.05, 4.69) is 36.8 Å². The Morgan fingerprint density at radius 1 is 1.36 bits per heavy atom. The van der Waals surface area contributed by atoms with E-state index < -0.39 is 10.8 Å². The second kappa shape index (κ2) is 8.15. The van der Waals surface area contributed by atoms with E-state index in [1.807, 2.05) is 6.07 Å². The van der Waals surface area contributed by atoms with Crippen molar-refractivity contribution in [2.75, 3.05) is 5.32 Å². The van der Waals surface area contributed by atoms with Crippen LogP contribution in [-0.4, -0.2) is 31.0 Å². The number of non-ortho nitro benzene ring substituents is 1. The van der Waals surface area contributed by atoms with Crippen molar-refractivity contribution in [1.82, 2.24) is 20.2 Å². The number of carbonyl (C=O) groups excluding carboxylic acids is 1. The van der Waals surface area contributed by atoms with Crippen LogP contribution in [0, 0.1) is 21.4 Å². The van der Waals surface area contributed by atoms with Crippen molar-refractivity contribution in [1.29, 1.82) is 5.26 Å². The molecule has 0 radical (unpaired) electrons. The number of amides is 1. The largest absolute Gasteiger partial charge is 0.321 e. The maximum atomic E-state index is 12.9. The normalized spacial score (nSPS) is 10.3. The summed E-state index contributed by atoms with van der Waals surface area (Å²) in [6.07, 6.45) is 0. The van der Waals surface area contributed by atoms with Gasteiger partial charge in [-0.3, -0.25) is 14.9 Å². The number of carbonyl (C=O) groups is 1. The first-order valence-electron chi connectivity index (χ1n) is 7.58. The van der Waals surface area contributed by atoms with Gasteiger partial charge < -0.3 is 5.32 Å². The zero-order valence-corrected chi connectivity index (χ0v) is 16.6. The minimum absolute atomic E-state index is 0.0612. The molecule has 0 spiro atoms. The minimum Gasteiger partial charge on any atom is -0.321 e. The highest BCUT2D eigenvalue weighted by atomic mass is 79.9. The van der Waals surface area contributed by atoms with Crippen molar-refractivity contribution in [3.05, 3.63) is 62.1 Å². The lowest BCUT2D eigenvalue weighted by molar-refractivity contribution is -0.384. The van der Waals surface area contributed by atoms with Crippen LogP contribution < -0.4 is 5.32 Å². The van der Waals surface area contributed by atoms with Crippen LogP contribution in [0.15, 0.2) is 50.9 Å². The molecule has 12 heteroatoms. The third-order valence-electron chi connectivity index (χ3n) is 3.55. The maximum Gasteiger partial charge on any atom is 0.270 e. The number of nitro groups is 1. The Bertz CT molecular complexity index is 1130. The fourth-order valence-corrected chi connectivity index (χ4v) is 3.41. The predicted octanol–water partition coefficient (Wildman–Crippen LogP) is 3.16. The molecule has 0 saturated heterocycles. The summed E-state index contributed by atoms with van der Waals surface area (Å²) in [5, 5.41) is 34.5. The Morgan fingerprint density at radius 3 is 2.79 bits per heavy atom. The zero-order valence-electron chi connectivity index (χ0n) is 14.2. The number of hydrogen-bond acceptors (Lipinski definition) is 8. The Morgan fingerprint density at radius 2 is 2.14 bits per heavy atom. The molecule has 1 N–H and O–H groups in total. The molecular formula is C16H10BrN7O3S. The van der Waals surface area contributed by atoms with Crippen LogP contribution >= 0.6 is 27.7 Å². The number of aryl methyl sites for hydroxylation is 1. The summed E-state index contributed by atoms with van der Waals surface area (Å²) in [5.41, 5.74) is 0.366. The topological polar surface area (TPSA) is 140 Å². The van der Waals surface area contributed by atoms with Gasteiger partial charge in [-0.1, -0.05) is 15.9 Å². The zero-order chi connectivity index (χ0) is 20.3. The van der Waals surface area contributed by atoms with E-state index in [0.29, 0.717) is 14.5 Å². The summed E-state index contributed by atoms with van der Waals surface area (Å²) in [7, 11) is 1.63. The van der Waals surface area contributed by atoms with Crippen LogP contribution in [0.25, 0.3) is 0 Å². The summed E-state index contributed by atoms with van der Waals surface area (Å²) in [6.45, 7) is 0. The number of nitriles is 1. The standard InChI is InChI=1S/C16H10BrN7O3S/c1-23-16(20-21-22-23)28-14-5-4-11(24(26)27)7-12(14)15(25)19-13-6-10(17)3-2-9(13)8-18/h2-7H,1H3,(H,19,25). The van der Waals surface area contributed by atoms with Gasteiger partial charge in [0, 0.05) is 28.5 Å². The lowest BCUT2D eigenvalue weighted by Gasteiger charge is -2.11. The van der Waals surface area contributed by atoms with Crippen LogP contribution in [-0.2, 0) is 7.05 Å². The van der Waals surface area contributed by atoms with Gasteiger partial charge in [0.25, 0.3) is 11.6 Å². The van der Waals surface area contributed by atoms with Crippen molar-refractivity contribution < 1.29 is 9.72 Å². The Hall–Kier alpha value is -3.30. The average Bonchev–Trinajstić information content (AvgIpc) is 3.06. The number of nitrogens with zero attached hydrogens (tertiary/aromatic N) is 6. The SMILES string of the molecule is Cn1nnnc1Sc1ccc([N+](=O)[O-])cc1C(=O)Nc1cc(Br)ccc1C#N.